The first-order chi connectivity index (χ1) is 11.6. The van der Waals surface area contributed by atoms with E-state index in [4.69, 9.17) is 0 Å². The van der Waals surface area contributed by atoms with Crippen LogP contribution in [0.4, 0.5) is 0 Å². The molecule has 128 valence electrons. The fourth-order valence-electron chi connectivity index (χ4n) is 3.38. The zero-order valence-corrected chi connectivity index (χ0v) is 13.9. The average Bonchev–Trinajstić information content (AvgIpc) is 3.18. The third-order valence-electron chi connectivity index (χ3n) is 4.69. The van der Waals surface area contributed by atoms with Gasteiger partial charge < -0.3 is 15.0 Å². The van der Waals surface area contributed by atoms with Crippen molar-refractivity contribution in [2.24, 2.45) is 0 Å². The molecule has 0 aliphatic heterocycles. The molecule has 0 bridgehead atoms. The van der Waals surface area contributed by atoms with Crippen LogP contribution in [0.25, 0.3) is 0 Å². The van der Waals surface area contributed by atoms with Crippen LogP contribution < -0.4 is 5.32 Å². The largest absolute Gasteiger partial charge is 0.389 e. The highest BCUT2D eigenvalue weighted by molar-refractivity contribution is 5.77. The van der Waals surface area contributed by atoms with E-state index in [1.165, 1.54) is 5.56 Å². The van der Waals surface area contributed by atoms with E-state index >= 15 is 0 Å². The molecule has 1 amide bonds. The summed E-state index contributed by atoms with van der Waals surface area (Å²) in [5.74, 6) is 0.888. The minimum Gasteiger partial charge on any atom is -0.389 e. The smallest absolute Gasteiger partial charge is 0.222 e. The molecule has 0 unspecified atom stereocenters. The molecule has 0 radical (unpaired) electrons. The second-order valence-electron chi connectivity index (χ2n) is 6.67. The molecule has 1 fully saturated rings. The van der Waals surface area contributed by atoms with E-state index in [0.29, 0.717) is 13.0 Å². The third-order valence-corrected chi connectivity index (χ3v) is 4.69. The topological polar surface area (TPSA) is 67.2 Å². The molecular formula is C19H25N3O2. The van der Waals surface area contributed by atoms with Gasteiger partial charge in [-0.3, -0.25) is 4.79 Å². The lowest BCUT2D eigenvalue weighted by molar-refractivity contribution is -0.125. The van der Waals surface area contributed by atoms with Gasteiger partial charge in [-0.1, -0.05) is 43.2 Å². The standard InChI is InChI=1S/C19H25N3O2/c23-18(14-19(24)9-4-5-10-19)21-11-8-17-20-12-13-22(17)15-16-6-2-1-3-7-16/h1-3,6-7,12-13,24H,4-5,8-11,14-15H2,(H,21,23). The van der Waals surface area contributed by atoms with Gasteiger partial charge in [0.2, 0.25) is 5.91 Å². The van der Waals surface area contributed by atoms with Crippen LogP contribution in [-0.2, 0) is 17.8 Å². The lowest BCUT2D eigenvalue weighted by atomic mass is 9.98. The van der Waals surface area contributed by atoms with Crippen molar-refractivity contribution in [1.82, 2.24) is 14.9 Å². The maximum Gasteiger partial charge on any atom is 0.222 e. The highest BCUT2D eigenvalue weighted by Crippen LogP contribution is 2.32. The van der Waals surface area contributed by atoms with Crippen LogP contribution >= 0.6 is 0 Å². The van der Waals surface area contributed by atoms with E-state index in [-0.39, 0.29) is 12.3 Å². The van der Waals surface area contributed by atoms with Crippen LogP contribution in [0.1, 0.15) is 43.5 Å². The summed E-state index contributed by atoms with van der Waals surface area (Å²) in [6, 6.07) is 10.2. The Morgan fingerprint density at radius 1 is 1.25 bits per heavy atom. The number of nitrogens with one attached hydrogen (secondary N) is 1. The van der Waals surface area contributed by atoms with Gasteiger partial charge in [0.15, 0.2) is 0 Å². The molecule has 1 aliphatic rings. The van der Waals surface area contributed by atoms with Crippen LogP contribution in [0.15, 0.2) is 42.7 Å². The van der Waals surface area contributed by atoms with Gasteiger partial charge >= 0.3 is 0 Å². The fraction of sp³-hybridized carbons (Fsp3) is 0.474. The van der Waals surface area contributed by atoms with Gasteiger partial charge in [0.25, 0.3) is 0 Å². The van der Waals surface area contributed by atoms with E-state index in [9.17, 15) is 9.90 Å². The van der Waals surface area contributed by atoms with Crippen LogP contribution in [-0.4, -0.2) is 32.7 Å². The molecule has 5 heteroatoms. The third kappa shape index (κ3) is 4.45. The Balaban J connectivity index is 1.47. The summed E-state index contributed by atoms with van der Waals surface area (Å²) in [4.78, 5) is 16.4. The van der Waals surface area contributed by atoms with Gasteiger partial charge in [-0.05, 0) is 18.4 Å². The second kappa shape index (κ2) is 7.62. The summed E-state index contributed by atoms with van der Waals surface area (Å²) in [5.41, 5.74) is 0.444. The van der Waals surface area contributed by atoms with Gasteiger partial charge in [0.1, 0.15) is 5.82 Å². The quantitative estimate of drug-likeness (QED) is 0.820. The Bertz CT molecular complexity index is 660. The summed E-state index contributed by atoms with van der Waals surface area (Å²) in [6.45, 7) is 1.32. The average molecular weight is 327 g/mol. The van der Waals surface area contributed by atoms with E-state index in [1.54, 1.807) is 6.20 Å². The highest BCUT2D eigenvalue weighted by atomic mass is 16.3. The van der Waals surface area contributed by atoms with Crippen LogP contribution in [0.2, 0.25) is 0 Å². The Hall–Kier alpha value is -2.14. The van der Waals surface area contributed by atoms with Crippen molar-refractivity contribution in [3.63, 3.8) is 0 Å². The first-order valence-corrected chi connectivity index (χ1v) is 8.68. The normalized spacial score (nSPS) is 16.2. The summed E-state index contributed by atoms with van der Waals surface area (Å²) in [6.07, 6.45) is 8.16. The van der Waals surface area contributed by atoms with E-state index < -0.39 is 5.60 Å². The van der Waals surface area contributed by atoms with Crippen molar-refractivity contribution in [2.75, 3.05) is 6.54 Å². The van der Waals surface area contributed by atoms with Crippen molar-refractivity contribution < 1.29 is 9.90 Å². The summed E-state index contributed by atoms with van der Waals surface area (Å²) in [7, 11) is 0. The summed E-state index contributed by atoms with van der Waals surface area (Å²) < 4.78 is 2.10. The molecule has 1 saturated carbocycles. The number of aliphatic hydroxyl groups is 1. The number of carbonyl (C=O) groups is 1. The zero-order chi connectivity index (χ0) is 16.8. The number of amides is 1. The number of carbonyl (C=O) groups excluding carboxylic acids is 1. The van der Waals surface area contributed by atoms with Gasteiger partial charge in [-0.15, -0.1) is 0 Å². The van der Waals surface area contributed by atoms with E-state index in [2.05, 4.69) is 27.0 Å². The number of benzene rings is 1. The predicted octanol–water partition coefficient (Wildman–Crippen LogP) is 2.29. The number of rotatable bonds is 7. The minimum atomic E-state index is -0.782. The predicted molar refractivity (Wildman–Crippen MR) is 92.5 cm³/mol. The Labute approximate surface area is 142 Å². The van der Waals surface area contributed by atoms with Gasteiger partial charge in [-0.25, -0.2) is 4.98 Å². The van der Waals surface area contributed by atoms with Crippen molar-refractivity contribution >= 4 is 5.91 Å². The Kier molecular flexibility index (Phi) is 5.30. The van der Waals surface area contributed by atoms with Crippen LogP contribution in [0.3, 0.4) is 0 Å². The summed E-state index contributed by atoms with van der Waals surface area (Å²) in [5, 5.41) is 13.2. The SMILES string of the molecule is O=C(CC1(O)CCCC1)NCCc1nccn1Cc1ccccc1. The van der Waals surface area contributed by atoms with Crippen LogP contribution in [0, 0.1) is 0 Å². The van der Waals surface area contributed by atoms with E-state index in [0.717, 1.165) is 38.1 Å². The number of aromatic nitrogens is 2. The molecule has 5 nitrogen and oxygen atoms in total. The van der Waals surface area contributed by atoms with Crippen molar-refractivity contribution in [3.8, 4) is 0 Å². The number of imidazole rings is 1. The maximum atomic E-state index is 12.0. The zero-order valence-electron chi connectivity index (χ0n) is 13.9. The molecule has 2 aromatic rings. The fourth-order valence-corrected chi connectivity index (χ4v) is 3.38. The Morgan fingerprint density at radius 2 is 2.00 bits per heavy atom. The van der Waals surface area contributed by atoms with Crippen molar-refractivity contribution in [2.45, 2.75) is 50.7 Å². The number of hydrogen-bond donors (Lipinski definition) is 2. The molecule has 24 heavy (non-hydrogen) atoms. The highest BCUT2D eigenvalue weighted by Gasteiger charge is 2.33. The first kappa shape index (κ1) is 16.7. The molecule has 0 saturated heterocycles. The molecular weight excluding hydrogens is 302 g/mol. The lowest BCUT2D eigenvalue weighted by Crippen LogP contribution is -2.35. The molecule has 0 atom stereocenters. The van der Waals surface area contributed by atoms with Gasteiger partial charge in [0, 0.05) is 31.9 Å². The van der Waals surface area contributed by atoms with Crippen LogP contribution in [0.5, 0.6) is 0 Å². The first-order valence-electron chi connectivity index (χ1n) is 8.68. The molecule has 1 aromatic carbocycles. The lowest BCUT2D eigenvalue weighted by Gasteiger charge is -2.21. The number of nitrogens with zero attached hydrogens (tertiary/aromatic N) is 2. The van der Waals surface area contributed by atoms with Gasteiger partial charge in [-0.2, -0.15) is 0 Å². The molecule has 1 heterocycles. The van der Waals surface area contributed by atoms with Crippen molar-refractivity contribution in [1.29, 1.82) is 0 Å². The molecule has 2 N–H and O–H groups in total. The second-order valence-corrected chi connectivity index (χ2v) is 6.67. The molecule has 0 spiro atoms. The monoisotopic (exact) mass is 327 g/mol. The van der Waals surface area contributed by atoms with E-state index in [1.807, 2.05) is 24.4 Å². The van der Waals surface area contributed by atoms with Crippen molar-refractivity contribution in [3.05, 3.63) is 54.1 Å². The molecule has 1 aliphatic carbocycles. The Morgan fingerprint density at radius 3 is 2.75 bits per heavy atom. The molecule has 3 rings (SSSR count). The molecule has 1 aromatic heterocycles. The minimum absolute atomic E-state index is 0.0689. The summed E-state index contributed by atoms with van der Waals surface area (Å²) >= 11 is 0. The maximum absolute atomic E-state index is 12.0. The van der Waals surface area contributed by atoms with Gasteiger partial charge in [0.05, 0.1) is 12.0 Å². The number of hydrogen-bond acceptors (Lipinski definition) is 3.